The first kappa shape index (κ1) is 20.3. The van der Waals surface area contributed by atoms with Crippen molar-refractivity contribution >= 4 is 17.6 Å². The lowest BCUT2D eigenvalue weighted by Gasteiger charge is -2.10. The monoisotopic (exact) mass is 373 g/mol. The van der Waals surface area contributed by atoms with E-state index in [1.807, 2.05) is 23.5 Å². The Kier molecular flexibility index (Phi) is 7.63. The molecule has 3 N–H and O–H groups in total. The van der Waals surface area contributed by atoms with Gasteiger partial charge in [0.15, 0.2) is 18.0 Å². The molecule has 0 saturated carbocycles. The van der Waals surface area contributed by atoms with Gasteiger partial charge in [-0.3, -0.25) is 4.79 Å². The summed E-state index contributed by atoms with van der Waals surface area (Å²) in [6, 6.07) is 12.5. The number of hydrogen-bond acceptors (Lipinski definition) is 5. The van der Waals surface area contributed by atoms with Gasteiger partial charge in [-0.25, -0.2) is 4.79 Å². The zero-order chi connectivity index (χ0) is 19.6. The Morgan fingerprint density at radius 1 is 1.00 bits per heavy atom. The molecule has 0 bridgehead atoms. The predicted octanol–water partition coefficient (Wildman–Crippen LogP) is 1.23. The summed E-state index contributed by atoms with van der Waals surface area (Å²) in [4.78, 5) is 23.9. The van der Waals surface area contributed by atoms with Gasteiger partial charge in [-0.1, -0.05) is 18.2 Å². The van der Waals surface area contributed by atoms with Crippen molar-refractivity contribution in [3.63, 3.8) is 0 Å². The highest BCUT2D eigenvalue weighted by molar-refractivity contribution is 6.01. The van der Waals surface area contributed by atoms with E-state index in [1.165, 1.54) is 7.11 Å². The van der Waals surface area contributed by atoms with Crippen molar-refractivity contribution in [1.82, 2.24) is 0 Å². The summed E-state index contributed by atoms with van der Waals surface area (Å²) in [5, 5.41) is 4.66. The van der Waals surface area contributed by atoms with Gasteiger partial charge in [0, 0.05) is 6.42 Å². The van der Waals surface area contributed by atoms with Gasteiger partial charge in [0.25, 0.3) is 5.91 Å². The number of methoxy groups -OCH3 is 3. The van der Waals surface area contributed by atoms with Crippen LogP contribution < -0.4 is 20.1 Å². The number of rotatable bonds is 9. The third-order valence-corrected chi connectivity index (χ3v) is 4.02. The molecule has 0 aliphatic heterocycles. The van der Waals surface area contributed by atoms with Crippen LogP contribution in [-0.2, 0) is 16.0 Å². The molecule has 0 fully saturated rings. The van der Waals surface area contributed by atoms with E-state index in [2.05, 4.69) is 5.32 Å². The maximum Gasteiger partial charge on any atom is 0.339 e. The first-order chi connectivity index (χ1) is 13.1. The molecular weight excluding hydrogens is 348 g/mol. The van der Waals surface area contributed by atoms with Crippen LogP contribution >= 0.6 is 0 Å². The molecular formula is C20H25N2O5+. The van der Waals surface area contributed by atoms with E-state index >= 15 is 0 Å². The van der Waals surface area contributed by atoms with Crippen LogP contribution in [0.2, 0.25) is 0 Å². The third kappa shape index (κ3) is 5.72. The highest BCUT2D eigenvalue weighted by Crippen LogP contribution is 2.27. The normalized spacial score (nSPS) is 10.2. The highest BCUT2D eigenvalue weighted by atomic mass is 16.5. The van der Waals surface area contributed by atoms with Crippen molar-refractivity contribution in [1.29, 1.82) is 0 Å². The molecule has 0 saturated heterocycles. The van der Waals surface area contributed by atoms with Gasteiger partial charge < -0.3 is 24.8 Å². The number of amides is 1. The topological polar surface area (TPSA) is 90.5 Å². The minimum absolute atomic E-state index is 0.182. The van der Waals surface area contributed by atoms with Crippen molar-refractivity contribution in [2.75, 3.05) is 39.7 Å². The van der Waals surface area contributed by atoms with Crippen molar-refractivity contribution < 1.29 is 29.1 Å². The third-order valence-electron chi connectivity index (χ3n) is 4.02. The number of esters is 1. The Balaban J connectivity index is 1.83. The zero-order valence-corrected chi connectivity index (χ0v) is 15.8. The molecule has 0 aliphatic carbocycles. The molecule has 0 atom stereocenters. The zero-order valence-electron chi connectivity index (χ0n) is 15.8. The molecule has 1 amide bonds. The average molecular weight is 373 g/mol. The standard InChI is InChI=1S/C20H24N2O5/c1-25-17-9-8-14(12-18(17)26-2)10-11-21-13-19(23)22-16-7-5-4-6-15(16)20(24)27-3/h4-9,12,21H,10-11,13H2,1-3H3,(H,22,23)/p+1. The van der Waals surface area contributed by atoms with E-state index in [9.17, 15) is 9.59 Å². The Morgan fingerprint density at radius 2 is 1.74 bits per heavy atom. The second-order valence-corrected chi connectivity index (χ2v) is 5.81. The van der Waals surface area contributed by atoms with E-state index in [-0.39, 0.29) is 12.5 Å². The number of nitrogens with two attached hydrogens (primary N) is 1. The number of anilines is 1. The Labute approximate surface area is 158 Å². The predicted molar refractivity (Wildman–Crippen MR) is 101 cm³/mol. The largest absolute Gasteiger partial charge is 0.493 e. The smallest absolute Gasteiger partial charge is 0.339 e. The summed E-state index contributed by atoms with van der Waals surface area (Å²) < 4.78 is 15.2. The van der Waals surface area contributed by atoms with Crippen LogP contribution in [0.4, 0.5) is 5.69 Å². The number of hydrogen-bond donors (Lipinski definition) is 2. The van der Waals surface area contributed by atoms with E-state index in [1.54, 1.807) is 38.5 Å². The number of carbonyl (C=O) groups is 2. The number of ether oxygens (including phenoxy) is 3. The lowest BCUT2D eigenvalue weighted by atomic mass is 10.1. The number of benzene rings is 2. The van der Waals surface area contributed by atoms with Crippen LogP contribution in [0.3, 0.4) is 0 Å². The molecule has 7 heteroatoms. The van der Waals surface area contributed by atoms with Gasteiger partial charge in [-0.2, -0.15) is 0 Å². The fourth-order valence-electron chi connectivity index (χ4n) is 2.62. The van der Waals surface area contributed by atoms with Gasteiger partial charge >= 0.3 is 5.97 Å². The Bertz CT molecular complexity index is 792. The molecule has 0 aromatic heterocycles. The van der Waals surface area contributed by atoms with Crippen LogP contribution in [0.15, 0.2) is 42.5 Å². The van der Waals surface area contributed by atoms with Gasteiger partial charge in [0.1, 0.15) is 0 Å². The number of carbonyl (C=O) groups excluding carboxylic acids is 2. The van der Waals surface area contributed by atoms with Crippen molar-refractivity contribution in [3.05, 3.63) is 53.6 Å². The van der Waals surface area contributed by atoms with Gasteiger partial charge in [-0.05, 0) is 29.8 Å². The first-order valence-corrected chi connectivity index (χ1v) is 8.58. The second kappa shape index (κ2) is 10.2. The summed E-state index contributed by atoms with van der Waals surface area (Å²) in [6.45, 7) is 0.990. The van der Waals surface area contributed by atoms with Gasteiger partial charge in [0.05, 0.1) is 39.1 Å². The van der Waals surface area contributed by atoms with Crippen LogP contribution in [0.5, 0.6) is 11.5 Å². The van der Waals surface area contributed by atoms with Crippen molar-refractivity contribution in [3.8, 4) is 11.5 Å². The first-order valence-electron chi connectivity index (χ1n) is 8.58. The van der Waals surface area contributed by atoms with E-state index in [0.29, 0.717) is 22.7 Å². The minimum Gasteiger partial charge on any atom is -0.493 e. The molecule has 7 nitrogen and oxygen atoms in total. The summed E-state index contributed by atoms with van der Waals surface area (Å²) >= 11 is 0. The van der Waals surface area contributed by atoms with Crippen LogP contribution in [0.25, 0.3) is 0 Å². The number of para-hydroxylation sites is 1. The SMILES string of the molecule is COC(=O)c1ccccc1NC(=O)C[NH2+]CCc1ccc(OC)c(OC)c1. The lowest BCUT2D eigenvalue weighted by Crippen LogP contribution is -2.86. The Morgan fingerprint density at radius 3 is 2.44 bits per heavy atom. The molecule has 2 rings (SSSR count). The molecule has 0 unspecified atom stereocenters. The molecule has 0 heterocycles. The van der Waals surface area contributed by atoms with Crippen LogP contribution in [0, 0.1) is 0 Å². The van der Waals surface area contributed by atoms with Crippen molar-refractivity contribution in [2.45, 2.75) is 6.42 Å². The van der Waals surface area contributed by atoms with E-state index < -0.39 is 5.97 Å². The molecule has 0 aliphatic rings. The molecule has 2 aromatic rings. The van der Waals surface area contributed by atoms with E-state index in [0.717, 1.165) is 18.5 Å². The fraction of sp³-hybridized carbons (Fsp3) is 0.300. The van der Waals surface area contributed by atoms with Crippen molar-refractivity contribution in [2.24, 2.45) is 0 Å². The van der Waals surface area contributed by atoms with Crippen LogP contribution in [0.1, 0.15) is 15.9 Å². The molecule has 144 valence electrons. The van der Waals surface area contributed by atoms with Gasteiger partial charge in [-0.15, -0.1) is 0 Å². The summed E-state index contributed by atoms with van der Waals surface area (Å²) in [7, 11) is 4.51. The fourth-order valence-corrected chi connectivity index (χ4v) is 2.62. The quantitative estimate of drug-likeness (QED) is 0.510. The number of nitrogens with one attached hydrogen (secondary N) is 1. The maximum atomic E-state index is 12.1. The Hall–Kier alpha value is -3.06. The average Bonchev–Trinajstić information content (AvgIpc) is 2.70. The highest BCUT2D eigenvalue weighted by Gasteiger charge is 2.14. The summed E-state index contributed by atoms with van der Waals surface area (Å²) in [6.07, 6.45) is 0.784. The molecule has 0 radical (unpaired) electrons. The summed E-state index contributed by atoms with van der Waals surface area (Å²) in [5.74, 6) is 0.711. The van der Waals surface area contributed by atoms with E-state index in [4.69, 9.17) is 14.2 Å². The second-order valence-electron chi connectivity index (χ2n) is 5.81. The lowest BCUT2D eigenvalue weighted by molar-refractivity contribution is -0.643. The summed E-state index contributed by atoms with van der Waals surface area (Å²) in [5.41, 5.74) is 1.88. The number of quaternary nitrogens is 1. The minimum atomic E-state index is -0.483. The molecule has 2 aromatic carbocycles. The van der Waals surface area contributed by atoms with Crippen LogP contribution in [-0.4, -0.2) is 46.3 Å². The molecule has 27 heavy (non-hydrogen) atoms. The van der Waals surface area contributed by atoms with Gasteiger partial charge in [0.2, 0.25) is 0 Å². The maximum absolute atomic E-state index is 12.1. The molecule has 0 spiro atoms.